The van der Waals surface area contributed by atoms with Crippen LogP contribution < -0.4 is 0 Å². The molecule has 0 aliphatic carbocycles. The Bertz CT molecular complexity index is 266. The Morgan fingerprint density at radius 1 is 0.947 bits per heavy atom. The summed E-state index contributed by atoms with van der Waals surface area (Å²) in [5.41, 5.74) is 7.10. The van der Waals surface area contributed by atoms with E-state index in [0.717, 1.165) is 12.5 Å². The van der Waals surface area contributed by atoms with Crippen LogP contribution >= 0.6 is 0 Å². The van der Waals surface area contributed by atoms with Crippen molar-refractivity contribution in [2.24, 2.45) is 0 Å². The molecule has 0 heterocycles. The zero-order valence-electron chi connectivity index (χ0n) is 13.4. The van der Waals surface area contributed by atoms with Gasteiger partial charge in [-0.3, -0.25) is 0 Å². The van der Waals surface area contributed by atoms with Crippen molar-refractivity contribution >= 4 is 28.3 Å². The summed E-state index contributed by atoms with van der Waals surface area (Å²) in [6.45, 7) is 13.3. The Balaban J connectivity index is 4.64. The summed E-state index contributed by atoms with van der Waals surface area (Å²) < 4.78 is 18.3. The molecule has 0 spiro atoms. The van der Waals surface area contributed by atoms with Crippen molar-refractivity contribution in [1.29, 1.82) is 0 Å². The predicted molar refractivity (Wildman–Crippen MR) is 90.6 cm³/mol. The molecule has 0 aromatic rings. The highest BCUT2D eigenvalue weighted by molar-refractivity contribution is 6.71. The SMILES string of the molecule is CCC[Si](OCC)(O[SiH2]C=C(C)C)O[SiH2]C=C(C)C. The molecular formula is C13H30O3Si3. The molecule has 0 atom stereocenters. The van der Waals surface area contributed by atoms with E-state index in [9.17, 15) is 0 Å². The second-order valence-corrected chi connectivity index (χ2v) is 11.0. The van der Waals surface area contributed by atoms with Crippen molar-refractivity contribution in [2.45, 2.75) is 54.0 Å². The Hall–Kier alpha value is 0.0106. The molecule has 0 fully saturated rings. The van der Waals surface area contributed by atoms with Gasteiger partial charge in [0.2, 0.25) is 0 Å². The molecule has 0 N–H and O–H groups in total. The third kappa shape index (κ3) is 9.53. The molecule has 112 valence electrons. The molecule has 0 rings (SSSR count). The summed E-state index contributed by atoms with van der Waals surface area (Å²) >= 11 is 0. The zero-order chi connectivity index (χ0) is 14.7. The summed E-state index contributed by atoms with van der Waals surface area (Å²) in [4.78, 5) is 0. The first-order chi connectivity index (χ1) is 8.95. The molecule has 0 unspecified atom stereocenters. The van der Waals surface area contributed by atoms with Gasteiger partial charge in [0.15, 0.2) is 19.5 Å². The van der Waals surface area contributed by atoms with Crippen LogP contribution in [0, 0.1) is 0 Å². The number of allylic oxidation sites excluding steroid dienone is 2. The maximum atomic E-state index is 6.17. The van der Waals surface area contributed by atoms with Crippen molar-refractivity contribution in [2.75, 3.05) is 6.61 Å². The van der Waals surface area contributed by atoms with Gasteiger partial charge in [-0.25, -0.2) is 0 Å². The van der Waals surface area contributed by atoms with E-state index in [0.29, 0.717) is 6.61 Å². The van der Waals surface area contributed by atoms with Gasteiger partial charge in [0.25, 0.3) is 0 Å². The van der Waals surface area contributed by atoms with Crippen molar-refractivity contribution in [3.63, 3.8) is 0 Å². The minimum atomic E-state index is -2.39. The van der Waals surface area contributed by atoms with E-state index in [-0.39, 0.29) is 0 Å². The highest BCUT2D eigenvalue weighted by Gasteiger charge is 2.38. The van der Waals surface area contributed by atoms with Crippen LogP contribution in [0.1, 0.15) is 48.0 Å². The molecule has 0 aromatic heterocycles. The van der Waals surface area contributed by atoms with Crippen LogP contribution in [0.2, 0.25) is 6.04 Å². The van der Waals surface area contributed by atoms with Crippen LogP contribution in [0.4, 0.5) is 0 Å². The molecule has 0 aliphatic rings. The number of hydrogen-bond donors (Lipinski definition) is 0. The molecule has 0 saturated heterocycles. The first-order valence-electron chi connectivity index (χ1n) is 7.14. The molecule has 6 heteroatoms. The Morgan fingerprint density at radius 2 is 1.42 bits per heavy atom. The zero-order valence-corrected chi connectivity index (χ0v) is 17.2. The molecule has 0 saturated carbocycles. The fourth-order valence-corrected chi connectivity index (χ4v) is 9.00. The molecule has 0 aromatic carbocycles. The van der Waals surface area contributed by atoms with Crippen molar-refractivity contribution < 1.29 is 12.7 Å². The second-order valence-electron chi connectivity index (χ2n) is 5.05. The molecule has 0 radical (unpaired) electrons. The monoisotopic (exact) mass is 318 g/mol. The van der Waals surface area contributed by atoms with E-state index in [1.165, 1.54) is 11.1 Å². The fraction of sp³-hybridized carbons (Fsp3) is 0.692. The van der Waals surface area contributed by atoms with E-state index in [4.69, 9.17) is 12.7 Å². The maximum absolute atomic E-state index is 6.17. The van der Waals surface area contributed by atoms with Gasteiger partial charge < -0.3 is 12.7 Å². The lowest BCUT2D eigenvalue weighted by Crippen LogP contribution is -2.47. The lowest BCUT2D eigenvalue weighted by atomic mass is 10.4. The van der Waals surface area contributed by atoms with E-state index in [1.54, 1.807) is 0 Å². The lowest BCUT2D eigenvalue weighted by Gasteiger charge is -2.29. The number of hydrogen-bond acceptors (Lipinski definition) is 3. The van der Waals surface area contributed by atoms with E-state index >= 15 is 0 Å². The van der Waals surface area contributed by atoms with Gasteiger partial charge in [-0.2, -0.15) is 0 Å². The summed E-state index contributed by atoms with van der Waals surface area (Å²) in [6, 6.07) is 0.939. The minimum absolute atomic E-state index is 0.677. The van der Waals surface area contributed by atoms with Crippen molar-refractivity contribution in [3.05, 3.63) is 22.5 Å². The standard InChI is InChI=1S/C13H30O3Si3/c1-7-9-19(14-8-2,15-17-10-12(3)4)16-18-11-13(5)6/h10-11H,7-9,17-18H2,1-6H3. The normalized spacial score (nSPS) is 15.1. The smallest absolute Gasteiger partial charge is 0.418 e. The average molecular weight is 319 g/mol. The summed E-state index contributed by atoms with van der Waals surface area (Å²) in [7, 11) is -3.75. The van der Waals surface area contributed by atoms with Gasteiger partial charge in [-0.15, -0.1) is 0 Å². The van der Waals surface area contributed by atoms with Crippen LogP contribution in [-0.4, -0.2) is 34.9 Å². The molecule has 0 bridgehead atoms. The quantitative estimate of drug-likeness (QED) is 0.579. The maximum Gasteiger partial charge on any atom is 0.479 e. The Morgan fingerprint density at radius 3 is 1.74 bits per heavy atom. The van der Waals surface area contributed by atoms with Crippen LogP contribution in [0.3, 0.4) is 0 Å². The topological polar surface area (TPSA) is 27.7 Å². The molecular weight excluding hydrogens is 288 g/mol. The van der Waals surface area contributed by atoms with E-state index in [1.807, 2.05) is 6.92 Å². The van der Waals surface area contributed by atoms with Crippen LogP contribution in [0.15, 0.2) is 22.5 Å². The van der Waals surface area contributed by atoms with Gasteiger partial charge >= 0.3 is 8.80 Å². The Labute approximate surface area is 124 Å². The van der Waals surface area contributed by atoms with Gasteiger partial charge in [0.1, 0.15) is 0 Å². The van der Waals surface area contributed by atoms with Gasteiger partial charge in [-0.1, -0.05) is 35.9 Å². The molecule has 0 aliphatic heterocycles. The summed E-state index contributed by atoms with van der Waals surface area (Å²) in [5.74, 6) is 0. The molecule has 19 heavy (non-hydrogen) atoms. The third-order valence-electron chi connectivity index (χ3n) is 2.51. The number of rotatable bonds is 10. The highest BCUT2D eigenvalue weighted by Crippen LogP contribution is 2.17. The van der Waals surface area contributed by atoms with Gasteiger partial charge in [-0.05, 0) is 34.6 Å². The Kier molecular flexibility index (Phi) is 10.8. The molecule has 0 amide bonds. The van der Waals surface area contributed by atoms with Crippen molar-refractivity contribution in [3.8, 4) is 0 Å². The fourth-order valence-electron chi connectivity index (χ4n) is 1.54. The van der Waals surface area contributed by atoms with E-state index < -0.39 is 28.3 Å². The predicted octanol–water partition coefficient (Wildman–Crippen LogP) is 2.42. The van der Waals surface area contributed by atoms with Crippen LogP contribution in [-0.2, 0) is 12.7 Å². The first-order valence-corrected chi connectivity index (χ1v) is 11.9. The first kappa shape index (κ1) is 19.0. The van der Waals surface area contributed by atoms with Gasteiger partial charge in [0.05, 0.1) is 0 Å². The molecule has 3 nitrogen and oxygen atoms in total. The van der Waals surface area contributed by atoms with Gasteiger partial charge in [0, 0.05) is 12.7 Å². The van der Waals surface area contributed by atoms with Crippen LogP contribution in [0.5, 0.6) is 0 Å². The van der Waals surface area contributed by atoms with E-state index in [2.05, 4.69) is 46.0 Å². The lowest BCUT2D eigenvalue weighted by molar-refractivity contribution is 0.181. The minimum Gasteiger partial charge on any atom is -0.418 e. The summed E-state index contributed by atoms with van der Waals surface area (Å²) in [6.07, 6.45) is 1.05. The largest absolute Gasteiger partial charge is 0.479 e. The third-order valence-corrected chi connectivity index (χ3v) is 11.2. The average Bonchev–Trinajstić information content (AvgIpc) is 2.28. The second kappa shape index (κ2) is 10.8. The van der Waals surface area contributed by atoms with Crippen LogP contribution in [0.25, 0.3) is 0 Å². The highest BCUT2D eigenvalue weighted by atomic mass is 28.4. The van der Waals surface area contributed by atoms with Crippen molar-refractivity contribution in [1.82, 2.24) is 0 Å². The summed E-state index contributed by atoms with van der Waals surface area (Å²) in [5, 5.41) is 0.